The Balaban J connectivity index is 1.31. The first kappa shape index (κ1) is 20.2. The van der Waals surface area contributed by atoms with Crippen LogP contribution >= 0.6 is 0 Å². The Morgan fingerprint density at radius 1 is 1.15 bits per heavy atom. The Bertz CT molecular complexity index is 1360. The van der Waals surface area contributed by atoms with Crippen LogP contribution in [-0.2, 0) is 9.59 Å². The summed E-state index contributed by atoms with van der Waals surface area (Å²) in [5.41, 5.74) is 3.07. The fourth-order valence-corrected chi connectivity index (χ4v) is 3.62. The molecule has 4 aromatic rings. The molecule has 1 aliphatic heterocycles. The number of benzene rings is 2. The van der Waals surface area contributed by atoms with E-state index in [9.17, 15) is 19.7 Å². The number of carbonyl (C=O) groups is 2. The van der Waals surface area contributed by atoms with E-state index >= 15 is 0 Å². The minimum absolute atomic E-state index is 0.192. The van der Waals surface area contributed by atoms with Crippen LogP contribution in [0.5, 0.6) is 5.75 Å². The van der Waals surface area contributed by atoms with Gasteiger partial charge in [-0.05, 0) is 30.3 Å². The van der Waals surface area contributed by atoms with Crippen molar-refractivity contribution in [2.45, 2.75) is 0 Å². The van der Waals surface area contributed by atoms with Crippen molar-refractivity contribution in [2.24, 2.45) is 0 Å². The molecule has 2 aromatic heterocycles. The van der Waals surface area contributed by atoms with Gasteiger partial charge < -0.3 is 14.5 Å². The number of nitro groups is 1. The zero-order valence-electron chi connectivity index (χ0n) is 17.2. The SMILES string of the molecule is O=C(CN1C(=O)COc2ccc([N+](=O)[O-])cc21)Nc1ccc(-c2cn3ccccc3n2)cc1. The van der Waals surface area contributed by atoms with Crippen molar-refractivity contribution in [1.82, 2.24) is 9.38 Å². The number of hydrogen-bond acceptors (Lipinski definition) is 6. The molecule has 0 radical (unpaired) electrons. The maximum atomic E-state index is 12.6. The monoisotopic (exact) mass is 443 g/mol. The molecule has 0 fully saturated rings. The van der Waals surface area contributed by atoms with Gasteiger partial charge in [-0.2, -0.15) is 0 Å². The predicted octanol–water partition coefficient (Wildman–Crippen LogP) is 3.27. The number of nitrogens with zero attached hydrogens (tertiary/aromatic N) is 4. The minimum atomic E-state index is -0.567. The molecule has 0 bridgehead atoms. The molecular weight excluding hydrogens is 426 g/mol. The van der Waals surface area contributed by atoms with Crippen LogP contribution in [0.3, 0.4) is 0 Å². The number of hydrogen-bond donors (Lipinski definition) is 1. The summed E-state index contributed by atoms with van der Waals surface area (Å²) in [5.74, 6) is -0.590. The van der Waals surface area contributed by atoms with Crippen molar-refractivity contribution in [2.75, 3.05) is 23.4 Å². The Morgan fingerprint density at radius 2 is 1.97 bits per heavy atom. The molecule has 0 spiro atoms. The average Bonchev–Trinajstić information content (AvgIpc) is 3.25. The number of imidazole rings is 1. The first-order valence-electron chi connectivity index (χ1n) is 10.0. The lowest BCUT2D eigenvalue weighted by molar-refractivity contribution is -0.384. The highest BCUT2D eigenvalue weighted by Gasteiger charge is 2.29. The van der Waals surface area contributed by atoms with Crippen molar-refractivity contribution in [3.05, 3.63) is 83.2 Å². The van der Waals surface area contributed by atoms with Gasteiger partial charge in [-0.1, -0.05) is 18.2 Å². The first-order valence-corrected chi connectivity index (χ1v) is 10.0. The maximum absolute atomic E-state index is 12.6. The molecule has 0 saturated carbocycles. The molecule has 0 atom stereocenters. The van der Waals surface area contributed by atoms with Crippen LogP contribution < -0.4 is 15.0 Å². The van der Waals surface area contributed by atoms with Crippen molar-refractivity contribution in [3.8, 4) is 17.0 Å². The van der Waals surface area contributed by atoms with E-state index in [4.69, 9.17) is 4.74 Å². The number of rotatable bonds is 5. The van der Waals surface area contributed by atoms with Gasteiger partial charge in [0.05, 0.1) is 16.3 Å². The second-order valence-corrected chi connectivity index (χ2v) is 7.40. The first-order chi connectivity index (χ1) is 16.0. The highest BCUT2D eigenvalue weighted by atomic mass is 16.6. The number of non-ortho nitro benzene ring substituents is 1. The van der Waals surface area contributed by atoms with E-state index in [-0.39, 0.29) is 24.5 Å². The zero-order chi connectivity index (χ0) is 22.9. The van der Waals surface area contributed by atoms with Gasteiger partial charge in [0.15, 0.2) is 6.61 Å². The molecule has 1 N–H and O–H groups in total. The molecule has 2 aromatic carbocycles. The van der Waals surface area contributed by atoms with E-state index in [0.717, 1.165) is 16.9 Å². The zero-order valence-corrected chi connectivity index (χ0v) is 17.2. The van der Waals surface area contributed by atoms with Crippen LogP contribution in [0.1, 0.15) is 0 Å². The maximum Gasteiger partial charge on any atom is 0.271 e. The quantitative estimate of drug-likeness (QED) is 0.373. The summed E-state index contributed by atoms with van der Waals surface area (Å²) in [6, 6.07) is 16.9. The molecule has 33 heavy (non-hydrogen) atoms. The third-order valence-electron chi connectivity index (χ3n) is 5.23. The third-order valence-corrected chi connectivity index (χ3v) is 5.23. The molecule has 5 rings (SSSR count). The fraction of sp³-hybridized carbons (Fsp3) is 0.0870. The summed E-state index contributed by atoms with van der Waals surface area (Å²) in [4.78, 5) is 41.3. The Hall–Kier alpha value is -4.73. The van der Waals surface area contributed by atoms with Crippen LogP contribution in [0.2, 0.25) is 0 Å². The number of fused-ring (bicyclic) bond motifs is 2. The number of pyridine rings is 1. The summed E-state index contributed by atoms with van der Waals surface area (Å²) in [5, 5.41) is 13.8. The molecule has 10 nitrogen and oxygen atoms in total. The van der Waals surface area contributed by atoms with Gasteiger partial charge in [-0.3, -0.25) is 24.6 Å². The van der Waals surface area contributed by atoms with Gasteiger partial charge in [-0.15, -0.1) is 0 Å². The normalized spacial score (nSPS) is 12.8. The molecule has 0 saturated heterocycles. The van der Waals surface area contributed by atoms with Crippen molar-refractivity contribution >= 4 is 34.5 Å². The molecular formula is C23H17N5O5. The van der Waals surface area contributed by atoms with Gasteiger partial charge in [0.2, 0.25) is 5.91 Å². The minimum Gasteiger partial charge on any atom is -0.482 e. The lowest BCUT2D eigenvalue weighted by atomic mass is 10.1. The summed E-state index contributed by atoms with van der Waals surface area (Å²) >= 11 is 0. The number of ether oxygens (including phenoxy) is 1. The number of nitro benzene ring substituents is 1. The van der Waals surface area contributed by atoms with Gasteiger partial charge in [0.25, 0.3) is 11.6 Å². The topological polar surface area (TPSA) is 119 Å². The van der Waals surface area contributed by atoms with Gasteiger partial charge in [0.1, 0.15) is 17.9 Å². The van der Waals surface area contributed by atoms with Crippen LogP contribution in [0.15, 0.2) is 73.1 Å². The van der Waals surface area contributed by atoms with E-state index in [1.54, 1.807) is 12.1 Å². The smallest absolute Gasteiger partial charge is 0.271 e. The van der Waals surface area contributed by atoms with Gasteiger partial charge >= 0.3 is 0 Å². The van der Waals surface area contributed by atoms with Gasteiger partial charge in [-0.25, -0.2) is 4.98 Å². The van der Waals surface area contributed by atoms with Crippen molar-refractivity contribution in [3.63, 3.8) is 0 Å². The molecule has 1 aliphatic rings. The molecule has 10 heteroatoms. The number of nitrogens with one attached hydrogen (secondary N) is 1. The average molecular weight is 443 g/mol. The Labute approximate surface area is 187 Å². The summed E-state index contributed by atoms with van der Waals surface area (Å²) < 4.78 is 7.25. The van der Waals surface area contributed by atoms with E-state index in [2.05, 4.69) is 10.3 Å². The van der Waals surface area contributed by atoms with Gasteiger partial charge in [0, 0.05) is 35.8 Å². The second-order valence-electron chi connectivity index (χ2n) is 7.40. The molecule has 3 heterocycles. The number of carbonyl (C=O) groups excluding carboxylic acids is 2. The van der Waals surface area contributed by atoms with Crippen molar-refractivity contribution < 1.29 is 19.2 Å². The molecule has 2 amide bonds. The van der Waals surface area contributed by atoms with E-state index in [0.29, 0.717) is 11.4 Å². The summed E-state index contributed by atoms with van der Waals surface area (Å²) in [7, 11) is 0. The Kier molecular flexibility index (Phi) is 4.94. The molecule has 164 valence electrons. The number of anilines is 2. The lowest BCUT2D eigenvalue weighted by Gasteiger charge is -2.28. The second kappa shape index (κ2) is 8.08. The lowest BCUT2D eigenvalue weighted by Crippen LogP contribution is -2.43. The number of aromatic nitrogens is 2. The molecule has 0 aliphatic carbocycles. The standard InChI is InChI=1S/C23H17N5O5/c29-22(13-27-19-11-17(28(31)32)8-9-20(19)33-14-23(27)30)24-16-6-4-15(5-7-16)18-12-26-10-2-1-3-21(26)25-18/h1-12H,13-14H2,(H,24,29). The third kappa shape index (κ3) is 3.97. The number of amides is 2. The summed E-state index contributed by atoms with van der Waals surface area (Å²) in [6.07, 6.45) is 3.84. The van der Waals surface area contributed by atoms with Crippen LogP contribution in [0.4, 0.5) is 17.1 Å². The van der Waals surface area contributed by atoms with Crippen LogP contribution in [0, 0.1) is 10.1 Å². The van der Waals surface area contributed by atoms with Crippen LogP contribution in [0.25, 0.3) is 16.9 Å². The van der Waals surface area contributed by atoms with Crippen LogP contribution in [-0.4, -0.2) is 39.3 Å². The van der Waals surface area contributed by atoms with E-state index < -0.39 is 16.7 Å². The highest BCUT2D eigenvalue weighted by Crippen LogP contribution is 2.35. The summed E-state index contributed by atoms with van der Waals surface area (Å²) in [6.45, 7) is -0.545. The highest BCUT2D eigenvalue weighted by molar-refractivity contribution is 6.05. The van der Waals surface area contributed by atoms with Crippen molar-refractivity contribution in [1.29, 1.82) is 0 Å². The Morgan fingerprint density at radius 3 is 2.73 bits per heavy atom. The van der Waals surface area contributed by atoms with E-state index in [1.165, 1.54) is 23.1 Å². The molecule has 0 unspecified atom stereocenters. The van der Waals surface area contributed by atoms with E-state index in [1.807, 2.05) is 47.1 Å². The fourth-order valence-electron chi connectivity index (χ4n) is 3.62. The predicted molar refractivity (Wildman–Crippen MR) is 120 cm³/mol. The largest absolute Gasteiger partial charge is 0.482 e.